The third-order valence-electron chi connectivity index (χ3n) is 4.12. The number of nitrogens with two attached hydrogens (primary N) is 1. The third kappa shape index (κ3) is 3.26. The van der Waals surface area contributed by atoms with Crippen molar-refractivity contribution >= 4 is 35.3 Å². The molecule has 2 nitrogen and oxygen atoms in total. The van der Waals surface area contributed by atoms with Gasteiger partial charge >= 0.3 is 0 Å². The molecule has 1 heterocycles. The molecule has 0 saturated heterocycles. The van der Waals surface area contributed by atoms with E-state index in [9.17, 15) is 0 Å². The van der Waals surface area contributed by atoms with E-state index in [0.717, 1.165) is 27.4 Å². The summed E-state index contributed by atoms with van der Waals surface area (Å²) in [5.74, 6) is 0.946. The van der Waals surface area contributed by atoms with E-state index in [1.807, 2.05) is 18.7 Å². The van der Waals surface area contributed by atoms with Crippen LogP contribution in [0.5, 0.6) is 0 Å². The fraction of sp³-hybridized carbons (Fsp3) is 0.143. The Labute approximate surface area is 146 Å². The van der Waals surface area contributed by atoms with E-state index >= 15 is 0 Å². The Bertz CT molecular complexity index is 998. The van der Waals surface area contributed by atoms with E-state index in [2.05, 4.69) is 67.0 Å². The van der Waals surface area contributed by atoms with E-state index in [0.29, 0.717) is 0 Å². The number of fused-ring (bicyclic) bond motifs is 1. The minimum atomic E-state index is 0.932. The molecule has 0 atom stereocenters. The van der Waals surface area contributed by atoms with Gasteiger partial charge in [0.15, 0.2) is 0 Å². The quantitative estimate of drug-likeness (QED) is 0.712. The lowest BCUT2D eigenvalue weighted by atomic mass is 10.1. The van der Waals surface area contributed by atoms with Crippen LogP contribution < -0.4 is 16.3 Å². The molecule has 0 unspecified atom stereocenters. The average molecular weight is 334 g/mol. The third-order valence-corrected chi connectivity index (χ3v) is 5.25. The van der Waals surface area contributed by atoms with E-state index in [4.69, 9.17) is 5.73 Å². The molecule has 0 saturated carbocycles. The molecule has 24 heavy (non-hydrogen) atoms. The number of aromatic amines is 1. The number of hydrogen-bond donors (Lipinski definition) is 2. The Morgan fingerprint density at radius 1 is 1.21 bits per heavy atom. The van der Waals surface area contributed by atoms with Crippen LogP contribution in [-0.4, -0.2) is 4.98 Å². The highest BCUT2D eigenvalue weighted by atomic mass is 32.2. The second-order valence-electron chi connectivity index (χ2n) is 5.98. The summed E-state index contributed by atoms with van der Waals surface area (Å²) in [5.41, 5.74) is 10.4. The predicted molar refractivity (Wildman–Crippen MR) is 106 cm³/mol. The summed E-state index contributed by atoms with van der Waals surface area (Å²) in [4.78, 5) is 4.71. The van der Waals surface area contributed by atoms with Gasteiger partial charge in [0, 0.05) is 26.6 Å². The van der Waals surface area contributed by atoms with Gasteiger partial charge in [0.2, 0.25) is 0 Å². The summed E-state index contributed by atoms with van der Waals surface area (Å²) >= 11 is 1.86. The number of benzene rings is 2. The van der Waals surface area contributed by atoms with Crippen molar-refractivity contribution in [2.75, 3.05) is 0 Å². The van der Waals surface area contributed by atoms with E-state index in [-0.39, 0.29) is 0 Å². The Morgan fingerprint density at radius 2 is 1.96 bits per heavy atom. The number of H-pyrrole nitrogens is 1. The fourth-order valence-electron chi connectivity index (χ4n) is 2.78. The lowest BCUT2D eigenvalue weighted by Gasteiger charge is -2.06. The van der Waals surface area contributed by atoms with Gasteiger partial charge in [0.25, 0.3) is 0 Å². The molecular weight excluding hydrogens is 312 g/mol. The van der Waals surface area contributed by atoms with Crippen LogP contribution in [0.2, 0.25) is 0 Å². The van der Waals surface area contributed by atoms with Gasteiger partial charge in [0.05, 0.1) is 5.52 Å². The number of aromatic nitrogens is 1. The van der Waals surface area contributed by atoms with Gasteiger partial charge in [-0.15, -0.1) is 11.8 Å². The maximum absolute atomic E-state index is 5.66. The highest BCUT2D eigenvalue weighted by Crippen LogP contribution is 2.29. The molecule has 0 spiro atoms. The van der Waals surface area contributed by atoms with Crippen LogP contribution in [0, 0.1) is 6.92 Å². The standard InChI is InChI=1S/C21H22N2S/c1-14(12-22)11-18-16(3)23-21-15(2)9-10-19(20(18)21)24-13-17-7-5-4-6-8-17/h4-12,23H,3,13,22H2,1-2H3/b14-12-,18-11+. The highest BCUT2D eigenvalue weighted by molar-refractivity contribution is 7.98. The Kier molecular flexibility index (Phi) is 4.81. The summed E-state index contributed by atoms with van der Waals surface area (Å²) in [6.45, 7) is 8.31. The minimum Gasteiger partial charge on any atom is -0.404 e. The fourth-order valence-corrected chi connectivity index (χ4v) is 3.81. The SMILES string of the molecule is C=c1[nH]c2c(C)ccc(SCc3ccccc3)c2/c1=C/C(C)=C\N. The first-order chi connectivity index (χ1) is 11.6. The molecule has 3 heteroatoms. The minimum absolute atomic E-state index is 0.932. The molecule has 2 aromatic carbocycles. The normalized spacial score (nSPS) is 12.9. The molecule has 3 N–H and O–H groups in total. The second kappa shape index (κ2) is 7.02. The van der Waals surface area contributed by atoms with Crippen LogP contribution in [0.25, 0.3) is 23.6 Å². The van der Waals surface area contributed by atoms with Gasteiger partial charge in [0.1, 0.15) is 0 Å². The molecule has 3 aromatic rings. The van der Waals surface area contributed by atoms with Crippen LogP contribution in [0.3, 0.4) is 0 Å². The average Bonchev–Trinajstić information content (AvgIpc) is 2.93. The largest absolute Gasteiger partial charge is 0.404 e. The van der Waals surface area contributed by atoms with Crippen molar-refractivity contribution in [3.8, 4) is 0 Å². The highest BCUT2D eigenvalue weighted by Gasteiger charge is 2.09. The smallest absolute Gasteiger partial charge is 0.0505 e. The van der Waals surface area contributed by atoms with E-state index in [1.54, 1.807) is 6.20 Å². The molecular formula is C21H22N2S. The monoisotopic (exact) mass is 334 g/mol. The van der Waals surface area contributed by atoms with Crippen LogP contribution in [0.1, 0.15) is 18.1 Å². The number of hydrogen-bond acceptors (Lipinski definition) is 2. The lowest BCUT2D eigenvalue weighted by Crippen LogP contribution is -2.21. The Hall–Kier alpha value is -2.39. The summed E-state index contributed by atoms with van der Waals surface area (Å²) < 4.78 is 0. The first kappa shape index (κ1) is 16.5. The molecule has 3 rings (SSSR count). The van der Waals surface area contributed by atoms with Gasteiger partial charge in [-0.25, -0.2) is 0 Å². The molecule has 0 aliphatic rings. The second-order valence-corrected chi connectivity index (χ2v) is 6.99. The first-order valence-electron chi connectivity index (χ1n) is 7.97. The van der Waals surface area contributed by atoms with Gasteiger partial charge < -0.3 is 10.7 Å². The topological polar surface area (TPSA) is 41.8 Å². The summed E-state index contributed by atoms with van der Waals surface area (Å²) in [5, 5.41) is 3.30. The van der Waals surface area contributed by atoms with E-state index < -0.39 is 0 Å². The Morgan fingerprint density at radius 3 is 2.67 bits per heavy atom. The van der Waals surface area contributed by atoms with Crippen molar-refractivity contribution in [2.45, 2.75) is 24.5 Å². The zero-order chi connectivity index (χ0) is 17.1. The lowest BCUT2D eigenvalue weighted by molar-refractivity contribution is 1.34. The van der Waals surface area contributed by atoms with Crippen LogP contribution in [-0.2, 0) is 5.75 Å². The molecule has 0 fully saturated rings. The van der Waals surface area contributed by atoms with Crippen molar-refractivity contribution in [2.24, 2.45) is 5.73 Å². The zero-order valence-corrected chi connectivity index (χ0v) is 14.9. The van der Waals surface area contributed by atoms with Gasteiger partial charge in [-0.05, 0) is 48.9 Å². The predicted octanol–water partition coefficient (Wildman–Crippen LogP) is 3.82. The molecule has 122 valence electrons. The van der Waals surface area contributed by atoms with Crippen molar-refractivity contribution in [3.05, 3.63) is 75.9 Å². The van der Waals surface area contributed by atoms with Crippen molar-refractivity contribution in [1.29, 1.82) is 0 Å². The number of nitrogens with one attached hydrogen (secondary N) is 1. The van der Waals surface area contributed by atoms with Gasteiger partial charge in [-0.2, -0.15) is 0 Å². The molecule has 0 radical (unpaired) electrons. The molecule has 1 aromatic heterocycles. The van der Waals surface area contributed by atoms with Crippen molar-refractivity contribution < 1.29 is 0 Å². The number of thioether (sulfide) groups is 1. The maximum atomic E-state index is 5.66. The van der Waals surface area contributed by atoms with Crippen molar-refractivity contribution in [1.82, 2.24) is 4.98 Å². The van der Waals surface area contributed by atoms with Gasteiger partial charge in [-0.3, -0.25) is 0 Å². The number of rotatable bonds is 4. The number of allylic oxidation sites excluding steroid dienone is 1. The Balaban J connectivity index is 2.13. The molecule has 0 aliphatic heterocycles. The van der Waals surface area contributed by atoms with Gasteiger partial charge in [-0.1, -0.05) is 43.0 Å². The summed E-state index contributed by atoms with van der Waals surface area (Å²) in [7, 11) is 0. The summed E-state index contributed by atoms with van der Waals surface area (Å²) in [6, 6.07) is 14.9. The van der Waals surface area contributed by atoms with E-state index in [1.165, 1.54) is 21.4 Å². The first-order valence-corrected chi connectivity index (χ1v) is 8.96. The zero-order valence-electron chi connectivity index (χ0n) is 14.1. The van der Waals surface area contributed by atoms with Crippen LogP contribution >= 0.6 is 11.8 Å². The maximum Gasteiger partial charge on any atom is 0.0505 e. The molecule has 0 aliphatic carbocycles. The van der Waals surface area contributed by atoms with Crippen LogP contribution in [0.15, 0.2) is 59.1 Å². The van der Waals surface area contributed by atoms with Crippen LogP contribution in [0.4, 0.5) is 0 Å². The van der Waals surface area contributed by atoms with Crippen molar-refractivity contribution in [3.63, 3.8) is 0 Å². The molecule has 0 bridgehead atoms. The summed E-state index contributed by atoms with van der Waals surface area (Å²) in [6.07, 6.45) is 3.73. The number of aryl methyl sites for hydroxylation is 1. The molecule has 0 amide bonds.